The first-order valence-electron chi connectivity index (χ1n) is 7.54. The van der Waals surface area contributed by atoms with Crippen molar-refractivity contribution in [1.82, 2.24) is 0 Å². The summed E-state index contributed by atoms with van der Waals surface area (Å²) in [4.78, 5) is 0.303. The SMILES string of the molecule is COc1cc(C2(CN)CCCCC2)c(S(C)(=O)=O)cc1OC. The second-order valence-electron chi connectivity index (χ2n) is 6.02. The summed E-state index contributed by atoms with van der Waals surface area (Å²) < 4.78 is 35.2. The van der Waals surface area contributed by atoms with E-state index in [9.17, 15) is 8.42 Å². The Bertz CT molecular complexity index is 634. The van der Waals surface area contributed by atoms with Gasteiger partial charge in [-0.3, -0.25) is 0 Å². The van der Waals surface area contributed by atoms with Crippen LogP contribution in [0.2, 0.25) is 0 Å². The molecule has 0 spiro atoms. The molecule has 0 unspecified atom stereocenters. The van der Waals surface area contributed by atoms with Gasteiger partial charge in [-0.15, -0.1) is 0 Å². The Morgan fingerprint density at radius 3 is 2.09 bits per heavy atom. The fourth-order valence-electron chi connectivity index (χ4n) is 3.39. The van der Waals surface area contributed by atoms with Gasteiger partial charge < -0.3 is 15.2 Å². The van der Waals surface area contributed by atoms with Crippen molar-refractivity contribution < 1.29 is 17.9 Å². The zero-order chi connectivity index (χ0) is 16.4. The Balaban J connectivity index is 2.71. The van der Waals surface area contributed by atoms with Gasteiger partial charge in [0.05, 0.1) is 19.1 Å². The Kier molecular flexibility index (Phi) is 5.02. The molecule has 0 amide bonds. The largest absolute Gasteiger partial charge is 0.493 e. The summed E-state index contributed by atoms with van der Waals surface area (Å²) in [6, 6.07) is 3.36. The molecule has 0 aliphatic heterocycles. The highest BCUT2D eigenvalue weighted by Crippen LogP contribution is 2.45. The average molecular weight is 327 g/mol. The molecule has 1 saturated carbocycles. The predicted octanol–water partition coefficient (Wildman–Crippen LogP) is 2.27. The first-order chi connectivity index (χ1) is 10.4. The van der Waals surface area contributed by atoms with Gasteiger partial charge in [0.1, 0.15) is 0 Å². The van der Waals surface area contributed by atoms with Crippen LogP contribution in [0.15, 0.2) is 17.0 Å². The molecule has 0 saturated heterocycles. The molecule has 0 radical (unpaired) electrons. The molecule has 1 aliphatic carbocycles. The lowest BCUT2D eigenvalue weighted by molar-refractivity contribution is 0.292. The highest BCUT2D eigenvalue weighted by molar-refractivity contribution is 7.90. The number of nitrogens with two attached hydrogens (primary N) is 1. The van der Waals surface area contributed by atoms with Crippen molar-refractivity contribution in [2.75, 3.05) is 27.0 Å². The lowest BCUT2D eigenvalue weighted by atomic mass is 9.69. The number of hydrogen-bond acceptors (Lipinski definition) is 5. The Morgan fingerprint density at radius 1 is 1.09 bits per heavy atom. The highest BCUT2D eigenvalue weighted by atomic mass is 32.2. The van der Waals surface area contributed by atoms with Gasteiger partial charge in [0.15, 0.2) is 21.3 Å². The number of benzene rings is 1. The minimum atomic E-state index is -3.38. The number of methoxy groups -OCH3 is 2. The van der Waals surface area contributed by atoms with Crippen LogP contribution in [0.3, 0.4) is 0 Å². The maximum absolute atomic E-state index is 12.3. The number of ether oxygens (including phenoxy) is 2. The van der Waals surface area contributed by atoms with Gasteiger partial charge in [0.25, 0.3) is 0 Å². The molecular weight excluding hydrogens is 302 g/mol. The van der Waals surface area contributed by atoms with Crippen molar-refractivity contribution in [2.45, 2.75) is 42.4 Å². The summed E-state index contributed by atoms with van der Waals surface area (Å²) in [5.74, 6) is 0.970. The third-order valence-corrected chi connectivity index (χ3v) is 5.79. The molecule has 0 aromatic heterocycles. The topological polar surface area (TPSA) is 78.6 Å². The summed E-state index contributed by atoms with van der Waals surface area (Å²) in [7, 11) is -0.324. The molecule has 1 aliphatic rings. The van der Waals surface area contributed by atoms with Crippen LogP contribution in [0.4, 0.5) is 0 Å². The Hall–Kier alpha value is -1.27. The Labute approximate surface area is 132 Å². The zero-order valence-corrected chi connectivity index (χ0v) is 14.3. The maximum atomic E-state index is 12.3. The molecule has 5 nitrogen and oxygen atoms in total. The third-order valence-electron chi connectivity index (χ3n) is 4.66. The van der Waals surface area contributed by atoms with Gasteiger partial charge >= 0.3 is 0 Å². The molecule has 0 atom stereocenters. The van der Waals surface area contributed by atoms with Crippen LogP contribution < -0.4 is 15.2 Å². The van der Waals surface area contributed by atoms with Gasteiger partial charge in [0.2, 0.25) is 0 Å². The lowest BCUT2D eigenvalue weighted by Crippen LogP contribution is -2.38. The molecule has 1 fully saturated rings. The van der Waals surface area contributed by atoms with E-state index < -0.39 is 9.84 Å². The van der Waals surface area contributed by atoms with E-state index >= 15 is 0 Å². The quantitative estimate of drug-likeness (QED) is 0.897. The lowest BCUT2D eigenvalue weighted by Gasteiger charge is -2.38. The van der Waals surface area contributed by atoms with Crippen molar-refractivity contribution >= 4 is 9.84 Å². The second-order valence-corrected chi connectivity index (χ2v) is 8.00. The molecular formula is C16H25NO4S. The monoisotopic (exact) mass is 327 g/mol. The van der Waals surface area contributed by atoms with Crippen LogP contribution >= 0.6 is 0 Å². The summed E-state index contributed by atoms with van der Waals surface area (Å²) in [6.45, 7) is 0.436. The van der Waals surface area contributed by atoms with E-state index in [1.807, 2.05) is 0 Å². The number of hydrogen-bond donors (Lipinski definition) is 1. The molecule has 0 heterocycles. The van der Waals surface area contributed by atoms with E-state index in [-0.39, 0.29) is 5.41 Å². The van der Waals surface area contributed by atoms with E-state index in [0.29, 0.717) is 22.9 Å². The number of sulfone groups is 1. The van der Waals surface area contributed by atoms with E-state index in [2.05, 4.69) is 0 Å². The fourth-order valence-corrected chi connectivity index (χ4v) is 4.39. The summed E-state index contributed by atoms with van der Waals surface area (Å²) in [5.41, 5.74) is 6.56. The minimum Gasteiger partial charge on any atom is -0.493 e. The van der Waals surface area contributed by atoms with Crippen LogP contribution in [0.5, 0.6) is 11.5 Å². The van der Waals surface area contributed by atoms with Gasteiger partial charge in [-0.05, 0) is 24.5 Å². The van der Waals surface area contributed by atoms with Gasteiger partial charge in [-0.2, -0.15) is 0 Å². The van der Waals surface area contributed by atoms with Gasteiger partial charge in [0, 0.05) is 24.3 Å². The third kappa shape index (κ3) is 3.08. The second kappa shape index (κ2) is 6.46. The Morgan fingerprint density at radius 2 is 1.64 bits per heavy atom. The molecule has 1 aromatic carbocycles. The molecule has 1 aromatic rings. The maximum Gasteiger partial charge on any atom is 0.175 e. The predicted molar refractivity (Wildman–Crippen MR) is 86.5 cm³/mol. The molecule has 2 N–H and O–H groups in total. The van der Waals surface area contributed by atoms with Crippen molar-refractivity contribution in [3.63, 3.8) is 0 Å². The highest BCUT2D eigenvalue weighted by Gasteiger charge is 2.37. The smallest absolute Gasteiger partial charge is 0.175 e. The summed E-state index contributed by atoms with van der Waals surface area (Å²) in [6.07, 6.45) is 6.33. The zero-order valence-electron chi connectivity index (χ0n) is 13.5. The fraction of sp³-hybridized carbons (Fsp3) is 0.625. The van der Waals surface area contributed by atoms with Crippen LogP contribution in [-0.4, -0.2) is 35.4 Å². The van der Waals surface area contributed by atoms with Crippen LogP contribution in [0.25, 0.3) is 0 Å². The standard InChI is InChI=1S/C16H25NO4S/c1-20-13-9-12(16(11-17)7-5-4-6-8-16)15(22(3,18)19)10-14(13)21-2/h9-10H,4-8,11,17H2,1-3H3. The molecule has 2 rings (SSSR count). The van der Waals surface area contributed by atoms with Crippen LogP contribution in [-0.2, 0) is 15.3 Å². The minimum absolute atomic E-state index is 0.295. The van der Waals surface area contributed by atoms with Crippen LogP contribution in [0, 0.1) is 0 Å². The number of rotatable bonds is 5. The van der Waals surface area contributed by atoms with Crippen molar-refractivity contribution in [2.24, 2.45) is 5.73 Å². The molecule has 124 valence electrons. The summed E-state index contributed by atoms with van der Waals surface area (Å²) >= 11 is 0. The van der Waals surface area contributed by atoms with Crippen LogP contribution in [0.1, 0.15) is 37.7 Å². The summed E-state index contributed by atoms with van der Waals surface area (Å²) in [5, 5.41) is 0. The van der Waals surface area contributed by atoms with Gasteiger partial charge in [-0.25, -0.2) is 8.42 Å². The normalized spacial score (nSPS) is 18.0. The molecule has 0 bridgehead atoms. The van der Waals surface area contributed by atoms with Crippen molar-refractivity contribution in [1.29, 1.82) is 0 Å². The molecule has 6 heteroatoms. The van der Waals surface area contributed by atoms with E-state index in [1.165, 1.54) is 19.8 Å². The van der Waals surface area contributed by atoms with E-state index in [1.54, 1.807) is 19.2 Å². The van der Waals surface area contributed by atoms with Crippen molar-refractivity contribution in [3.05, 3.63) is 17.7 Å². The first kappa shape index (κ1) is 17.1. The van der Waals surface area contributed by atoms with Crippen molar-refractivity contribution in [3.8, 4) is 11.5 Å². The average Bonchev–Trinajstić information content (AvgIpc) is 2.53. The first-order valence-corrected chi connectivity index (χ1v) is 9.44. The molecule has 22 heavy (non-hydrogen) atoms. The van der Waals surface area contributed by atoms with E-state index in [0.717, 1.165) is 31.2 Å². The van der Waals surface area contributed by atoms with E-state index in [4.69, 9.17) is 15.2 Å². The van der Waals surface area contributed by atoms with Gasteiger partial charge in [-0.1, -0.05) is 19.3 Å².